The molecule has 1 fully saturated rings. The van der Waals surface area contributed by atoms with Gasteiger partial charge in [-0.05, 0) is 64.7 Å². The summed E-state index contributed by atoms with van der Waals surface area (Å²) in [6.45, 7) is 4.73. The predicted molar refractivity (Wildman–Crippen MR) is 119 cm³/mol. The van der Waals surface area contributed by atoms with Crippen LogP contribution < -0.4 is 0 Å². The normalized spacial score (nSPS) is 19.0. The lowest BCUT2D eigenvalue weighted by molar-refractivity contribution is 0.0653. The Bertz CT molecular complexity index is 896. The number of carbonyl (C=O) groups excluding carboxylic acids is 1. The highest BCUT2D eigenvalue weighted by atomic mass is 19.1. The first-order chi connectivity index (χ1) is 15.0. The number of H-pyrrole nitrogens is 1. The maximum absolute atomic E-state index is 14.1. The standard InChI is InChI=1S/C24H34FN5O/c1-28(2)13-14-30(24(31)23-20-9-5-11-22(20)26-27-23)16-18-7-6-12-29(15-18)17-19-8-3-4-10-21(19)25/h3-4,8,10,18H,5-7,9,11-17H2,1-2H3,(H,26,27)/t18-/m1/s1. The molecule has 0 radical (unpaired) electrons. The van der Waals surface area contributed by atoms with Gasteiger partial charge in [0, 0.05) is 49.5 Å². The molecule has 2 aromatic rings. The molecule has 1 atom stereocenters. The number of nitrogens with zero attached hydrogens (tertiary/aromatic N) is 4. The minimum absolute atomic E-state index is 0.0486. The van der Waals surface area contributed by atoms with E-state index < -0.39 is 0 Å². The SMILES string of the molecule is CN(C)CCN(C[C@@H]1CCCN(Cc2ccccc2F)C1)C(=O)c1n[nH]c2c1CCC2. The van der Waals surface area contributed by atoms with Crippen LogP contribution in [-0.4, -0.2) is 77.6 Å². The molecular weight excluding hydrogens is 393 g/mol. The summed E-state index contributed by atoms with van der Waals surface area (Å²) in [5.41, 5.74) is 3.61. The lowest BCUT2D eigenvalue weighted by Crippen LogP contribution is -2.45. The maximum Gasteiger partial charge on any atom is 0.274 e. The molecule has 4 rings (SSSR count). The van der Waals surface area contributed by atoms with Crippen LogP contribution in [-0.2, 0) is 19.4 Å². The molecule has 168 valence electrons. The number of hydrogen-bond donors (Lipinski definition) is 1. The zero-order valence-corrected chi connectivity index (χ0v) is 18.7. The van der Waals surface area contributed by atoms with Gasteiger partial charge in [-0.1, -0.05) is 18.2 Å². The summed E-state index contributed by atoms with van der Waals surface area (Å²) in [7, 11) is 4.07. The quantitative estimate of drug-likeness (QED) is 0.704. The second-order valence-electron chi connectivity index (χ2n) is 9.27. The van der Waals surface area contributed by atoms with Gasteiger partial charge in [0.25, 0.3) is 5.91 Å². The second kappa shape index (κ2) is 9.92. The maximum atomic E-state index is 14.1. The number of likely N-dealkylation sites (tertiary alicyclic amines) is 1. The summed E-state index contributed by atoms with van der Waals surface area (Å²) in [5.74, 6) is 0.297. The van der Waals surface area contributed by atoms with Crippen LogP contribution in [0.3, 0.4) is 0 Å². The average Bonchev–Trinajstić information content (AvgIpc) is 3.36. The van der Waals surface area contributed by atoms with Gasteiger partial charge in [-0.25, -0.2) is 4.39 Å². The number of aromatic nitrogens is 2. The van der Waals surface area contributed by atoms with Crippen LogP contribution in [0.2, 0.25) is 0 Å². The summed E-state index contributed by atoms with van der Waals surface area (Å²) in [6, 6.07) is 7.02. The van der Waals surface area contributed by atoms with E-state index in [-0.39, 0.29) is 11.7 Å². The van der Waals surface area contributed by atoms with E-state index in [1.165, 1.54) is 6.07 Å². The second-order valence-corrected chi connectivity index (χ2v) is 9.27. The van der Waals surface area contributed by atoms with Crippen molar-refractivity contribution in [2.24, 2.45) is 5.92 Å². The molecule has 6 nitrogen and oxygen atoms in total. The van der Waals surface area contributed by atoms with Gasteiger partial charge in [0.2, 0.25) is 0 Å². The third-order valence-electron chi connectivity index (χ3n) is 6.55. The van der Waals surface area contributed by atoms with E-state index in [1.54, 1.807) is 6.07 Å². The molecule has 0 spiro atoms. The Balaban J connectivity index is 1.43. The van der Waals surface area contributed by atoms with Gasteiger partial charge in [-0.15, -0.1) is 0 Å². The molecule has 0 bridgehead atoms. The first kappa shape index (κ1) is 22.0. The molecule has 1 aromatic heterocycles. The predicted octanol–water partition coefficient (Wildman–Crippen LogP) is 2.95. The molecule has 0 saturated carbocycles. The molecule has 1 saturated heterocycles. The number of nitrogens with one attached hydrogen (secondary N) is 1. The number of benzene rings is 1. The molecule has 1 aromatic carbocycles. The topological polar surface area (TPSA) is 55.5 Å². The highest BCUT2D eigenvalue weighted by molar-refractivity contribution is 5.94. The molecule has 7 heteroatoms. The van der Waals surface area contributed by atoms with Crippen LogP contribution in [0.15, 0.2) is 24.3 Å². The first-order valence-electron chi connectivity index (χ1n) is 11.5. The van der Waals surface area contributed by atoms with Crippen LogP contribution in [0.4, 0.5) is 4.39 Å². The van der Waals surface area contributed by atoms with Gasteiger partial charge in [-0.3, -0.25) is 14.8 Å². The van der Waals surface area contributed by atoms with Gasteiger partial charge in [0.05, 0.1) is 0 Å². The van der Waals surface area contributed by atoms with E-state index in [4.69, 9.17) is 0 Å². The Kier molecular flexibility index (Phi) is 7.02. The van der Waals surface area contributed by atoms with Gasteiger partial charge in [0.1, 0.15) is 5.82 Å². The summed E-state index contributed by atoms with van der Waals surface area (Å²) in [4.78, 5) is 19.9. The lowest BCUT2D eigenvalue weighted by atomic mass is 9.96. The number of carbonyl (C=O) groups is 1. The smallest absolute Gasteiger partial charge is 0.274 e. The van der Waals surface area contributed by atoms with Gasteiger partial charge >= 0.3 is 0 Å². The Morgan fingerprint density at radius 2 is 2.06 bits per heavy atom. The van der Waals surface area contributed by atoms with E-state index in [2.05, 4.69) is 20.0 Å². The van der Waals surface area contributed by atoms with Gasteiger partial charge in [0.15, 0.2) is 5.69 Å². The number of aryl methyl sites for hydroxylation is 1. The number of fused-ring (bicyclic) bond motifs is 1. The van der Waals surface area contributed by atoms with Crippen LogP contribution in [0.5, 0.6) is 0 Å². The third kappa shape index (κ3) is 5.33. The van der Waals surface area contributed by atoms with Crippen molar-refractivity contribution in [3.05, 3.63) is 52.6 Å². The fourth-order valence-electron chi connectivity index (χ4n) is 4.87. The highest BCUT2D eigenvalue weighted by Crippen LogP contribution is 2.25. The van der Waals surface area contributed by atoms with Crippen LogP contribution >= 0.6 is 0 Å². The number of rotatable bonds is 8. The minimum atomic E-state index is -0.139. The number of amides is 1. The molecule has 0 unspecified atom stereocenters. The Morgan fingerprint density at radius 1 is 1.23 bits per heavy atom. The molecule has 2 aliphatic rings. The molecule has 2 heterocycles. The molecule has 1 amide bonds. The molecule has 1 aliphatic carbocycles. The van der Waals surface area contributed by atoms with E-state index >= 15 is 0 Å². The van der Waals surface area contributed by atoms with Crippen LogP contribution in [0.1, 0.15) is 46.6 Å². The Morgan fingerprint density at radius 3 is 2.87 bits per heavy atom. The summed E-state index contributed by atoms with van der Waals surface area (Å²) >= 11 is 0. The third-order valence-corrected chi connectivity index (χ3v) is 6.55. The van der Waals surface area contributed by atoms with E-state index in [1.807, 2.05) is 31.1 Å². The van der Waals surface area contributed by atoms with Crippen LogP contribution in [0, 0.1) is 11.7 Å². The van der Waals surface area contributed by atoms with Gasteiger partial charge in [-0.2, -0.15) is 5.10 Å². The lowest BCUT2D eigenvalue weighted by Gasteiger charge is -2.36. The van der Waals surface area contributed by atoms with Crippen LogP contribution in [0.25, 0.3) is 0 Å². The zero-order valence-electron chi connectivity index (χ0n) is 18.7. The fourth-order valence-corrected chi connectivity index (χ4v) is 4.87. The average molecular weight is 428 g/mol. The van der Waals surface area contributed by atoms with E-state index in [0.717, 1.165) is 75.1 Å². The van der Waals surface area contributed by atoms with Crippen molar-refractivity contribution < 1.29 is 9.18 Å². The monoisotopic (exact) mass is 427 g/mol. The Labute approximate surface area is 184 Å². The molecular formula is C24H34FN5O. The van der Waals surface area contributed by atoms with Gasteiger partial charge < -0.3 is 9.80 Å². The number of hydrogen-bond acceptors (Lipinski definition) is 4. The largest absolute Gasteiger partial charge is 0.336 e. The van der Waals surface area contributed by atoms with E-state index in [9.17, 15) is 9.18 Å². The number of piperidine rings is 1. The van der Waals surface area contributed by atoms with Crippen molar-refractivity contribution in [2.75, 3.05) is 46.8 Å². The van der Waals surface area contributed by atoms with Crippen molar-refractivity contribution in [1.82, 2.24) is 24.9 Å². The minimum Gasteiger partial charge on any atom is -0.336 e. The van der Waals surface area contributed by atoms with Crippen molar-refractivity contribution in [3.63, 3.8) is 0 Å². The van der Waals surface area contributed by atoms with Crippen molar-refractivity contribution in [2.45, 2.75) is 38.6 Å². The summed E-state index contributed by atoms with van der Waals surface area (Å²) in [5, 5.41) is 7.46. The molecule has 31 heavy (non-hydrogen) atoms. The molecule has 1 N–H and O–H groups in total. The number of likely N-dealkylation sites (N-methyl/N-ethyl adjacent to an activating group) is 1. The number of aromatic amines is 1. The van der Waals surface area contributed by atoms with Crippen molar-refractivity contribution in [1.29, 1.82) is 0 Å². The van der Waals surface area contributed by atoms with Crippen molar-refractivity contribution >= 4 is 5.91 Å². The van der Waals surface area contributed by atoms with E-state index in [0.29, 0.717) is 24.7 Å². The zero-order chi connectivity index (χ0) is 21.8. The molecule has 1 aliphatic heterocycles. The van der Waals surface area contributed by atoms with Crippen molar-refractivity contribution in [3.8, 4) is 0 Å². The highest BCUT2D eigenvalue weighted by Gasteiger charge is 2.29. The summed E-state index contributed by atoms with van der Waals surface area (Å²) in [6.07, 6.45) is 5.19. The summed E-state index contributed by atoms with van der Waals surface area (Å²) < 4.78 is 14.1. The Hall–Kier alpha value is -2.25. The first-order valence-corrected chi connectivity index (χ1v) is 11.5. The fraction of sp³-hybridized carbons (Fsp3) is 0.583. The number of halogens is 1.